The molecule has 260 valence electrons. The van der Waals surface area contributed by atoms with Gasteiger partial charge in [0.15, 0.2) is 0 Å². The lowest BCUT2D eigenvalue weighted by Crippen LogP contribution is -2.55. The van der Waals surface area contributed by atoms with Crippen LogP contribution in [0.4, 0.5) is 17.1 Å². The van der Waals surface area contributed by atoms with E-state index in [1.54, 1.807) is 11.1 Å². The van der Waals surface area contributed by atoms with E-state index >= 15 is 0 Å². The van der Waals surface area contributed by atoms with Gasteiger partial charge in [-0.1, -0.05) is 115 Å². The van der Waals surface area contributed by atoms with Gasteiger partial charge in [-0.3, -0.25) is 0 Å². The standard InChI is InChI=1S/C52H41NS/c1-2-8-35(9-3-1)36-14-19-41(20-15-36)53(42-21-16-37(17-22-42)38-18-24-46-45-11-5-7-13-50(45)54-51(46)31-38)43-23-25-49-47(32-43)44-10-4-6-12-48(44)52(49)39-27-33-26-34(29-39)30-40(52)28-33/h1-25,31-34,39-40H,26-30H2. The van der Waals surface area contributed by atoms with Crippen LogP contribution in [0.3, 0.4) is 0 Å². The fraction of sp³-hybridized carbons (Fsp3) is 0.192. The normalized spacial score (nSPS) is 23.3. The molecule has 1 aromatic heterocycles. The van der Waals surface area contributed by atoms with Gasteiger partial charge in [0.05, 0.1) is 0 Å². The van der Waals surface area contributed by atoms with Crippen LogP contribution in [0.15, 0.2) is 164 Å². The summed E-state index contributed by atoms with van der Waals surface area (Å²) in [6.45, 7) is 0. The van der Waals surface area contributed by atoms with Crippen molar-refractivity contribution in [1.29, 1.82) is 0 Å². The van der Waals surface area contributed by atoms with E-state index in [2.05, 4.69) is 169 Å². The van der Waals surface area contributed by atoms with E-state index in [4.69, 9.17) is 0 Å². The summed E-state index contributed by atoms with van der Waals surface area (Å²) in [6.07, 6.45) is 7.11. The SMILES string of the molecule is c1ccc(-c2ccc(N(c3ccc(-c4ccc5c(c4)sc4ccccc45)cc3)c3ccc4c(c3)-c3ccccc3C43C4CC5CC(C4)CC3C5)cc2)cc1. The highest BCUT2D eigenvalue weighted by atomic mass is 32.1. The molecule has 5 aliphatic rings. The highest BCUT2D eigenvalue weighted by molar-refractivity contribution is 7.25. The predicted molar refractivity (Wildman–Crippen MR) is 228 cm³/mol. The zero-order valence-corrected chi connectivity index (χ0v) is 31.1. The lowest BCUT2D eigenvalue weighted by atomic mass is 9.43. The first kappa shape index (κ1) is 31.0. The Kier molecular flexibility index (Phi) is 6.75. The molecule has 5 aliphatic carbocycles. The first-order valence-corrected chi connectivity index (χ1v) is 20.7. The van der Waals surface area contributed by atoms with Crippen molar-refractivity contribution in [2.75, 3.05) is 4.90 Å². The van der Waals surface area contributed by atoms with Crippen molar-refractivity contribution >= 4 is 48.6 Å². The topological polar surface area (TPSA) is 3.24 Å². The Balaban J connectivity index is 0.976. The van der Waals surface area contributed by atoms with Gasteiger partial charge in [-0.25, -0.2) is 0 Å². The van der Waals surface area contributed by atoms with Crippen molar-refractivity contribution < 1.29 is 0 Å². The first-order chi connectivity index (χ1) is 26.7. The van der Waals surface area contributed by atoms with E-state index in [9.17, 15) is 0 Å². The number of nitrogens with zero attached hydrogens (tertiary/aromatic N) is 1. The Labute approximate surface area is 321 Å². The van der Waals surface area contributed by atoms with Crippen molar-refractivity contribution in [2.45, 2.75) is 37.5 Å². The van der Waals surface area contributed by atoms with Gasteiger partial charge in [-0.15, -0.1) is 11.3 Å². The summed E-state index contributed by atoms with van der Waals surface area (Å²) in [4.78, 5) is 2.47. The van der Waals surface area contributed by atoms with E-state index in [-0.39, 0.29) is 5.41 Å². The van der Waals surface area contributed by atoms with E-state index in [0.717, 1.165) is 23.7 Å². The van der Waals surface area contributed by atoms with Gasteiger partial charge >= 0.3 is 0 Å². The molecular weight excluding hydrogens is 671 g/mol. The molecule has 0 N–H and O–H groups in total. The smallest absolute Gasteiger partial charge is 0.0468 e. The van der Waals surface area contributed by atoms with Gasteiger partial charge in [0.1, 0.15) is 0 Å². The highest BCUT2D eigenvalue weighted by Gasteiger charge is 2.61. The van der Waals surface area contributed by atoms with Crippen molar-refractivity contribution in [1.82, 2.24) is 0 Å². The summed E-state index contributed by atoms with van der Waals surface area (Å²) in [5.41, 5.74) is 14.9. The van der Waals surface area contributed by atoms with E-state index in [1.807, 2.05) is 11.3 Å². The van der Waals surface area contributed by atoms with Crippen LogP contribution in [0, 0.1) is 23.7 Å². The van der Waals surface area contributed by atoms with Crippen LogP contribution in [0.1, 0.15) is 43.2 Å². The highest BCUT2D eigenvalue weighted by Crippen LogP contribution is 2.69. The van der Waals surface area contributed by atoms with Gasteiger partial charge < -0.3 is 4.90 Å². The number of hydrogen-bond acceptors (Lipinski definition) is 2. The number of fused-ring (bicyclic) bond motifs is 6. The van der Waals surface area contributed by atoms with Gasteiger partial charge in [-0.05, 0) is 149 Å². The van der Waals surface area contributed by atoms with Crippen molar-refractivity contribution in [3.8, 4) is 33.4 Å². The molecule has 0 atom stereocenters. The molecule has 4 bridgehead atoms. The minimum atomic E-state index is 0.178. The molecule has 4 fully saturated rings. The van der Waals surface area contributed by atoms with Gasteiger partial charge in [0, 0.05) is 42.6 Å². The Bertz CT molecular complexity index is 2690. The molecule has 2 heteroatoms. The lowest BCUT2D eigenvalue weighted by molar-refractivity contribution is -0.0399. The van der Waals surface area contributed by atoms with Crippen LogP contribution in [-0.2, 0) is 5.41 Å². The molecule has 1 nitrogen and oxygen atoms in total. The number of benzene rings is 7. The average Bonchev–Trinajstić information content (AvgIpc) is 3.74. The molecule has 0 saturated heterocycles. The maximum atomic E-state index is 2.55. The van der Waals surface area contributed by atoms with Crippen LogP contribution in [0.2, 0.25) is 0 Å². The summed E-state index contributed by atoms with van der Waals surface area (Å²) < 4.78 is 2.69. The van der Waals surface area contributed by atoms with Crippen LogP contribution >= 0.6 is 11.3 Å². The fourth-order valence-corrected chi connectivity index (χ4v) is 13.0. The van der Waals surface area contributed by atoms with E-state index < -0.39 is 0 Å². The zero-order valence-electron chi connectivity index (χ0n) is 30.3. The molecule has 0 radical (unpaired) electrons. The molecule has 13 rings (SSSR count). The number of rotatable bonds is 5. The molecule has 1 spiro atoms. The Morgan fingerprint density at radius 1 is 0.407 bits per heavy atom. The van der Waals surface area contributed by atoms with Crippen LogP contribution < -0.4 is 4.90 Å². The summed E-state index contributed by atoms with van der Waals surface area (Å²) in [6, 6.07) is 61.8. The van der Waals surface area contributed by atoms with Crippen LogP contribution in [-0.4, -0.2) is 0 Å². The van der Waals surface area contributed by atoms with Gasteiger partial charge in [-0.2, -0.15) is 0 Å². The Morgan fingerprint density at radius 2 is 0.963 bits per heavy atom. The quantitative estimate of drug-likeness (QED) is 0.172. The summed E-state index contributed by atoms with van der Waals surface area (Å²) in [5, 5.41) is 2.69. The summed E-state index contributed by atoms with van der Waals surface area (Å²) >= 11 is 1.88. The maximum Gasteiger partial charge on any atom is 0.0468 e. The molecule has 0 amide bonds. The van der Waals surface area contributed by atoms with Crippen molar-refractivity contribution in [3.63, 3.8) is 0 Å². The Hall–Kier alpha value is -5.44. The van der Waals surface area contributed by atoms with Crippen LogP contribution in [0.25, 0.3) is 53.6 Å². The molecular formula is C52H41NS. The van der Waals surface area contributed by atoms with E-state index in [1.165, 1.54) is 103 Å². The second-order valence-corrected chi connectivity index (χ2v) is 17.6. The maximum absolute atomic E-state index is 2.55. The first-order valence-electron chi connectivity index (χ1n) is 19.9. The molecule has 8 aromatic rings. The molecule has 54 heavy (non-hydrogen) atoms. The van der Waals surface area contributed by atoms with Gasteiger partial charge in [0.2, 0.25) is 0 Å². The predicted octanol–water partition coefficient (Wildman–Crippen LogP) is 14.6. The molecule has 0 unspecified atom stereocenters. The van der Waals surface area contributed by atoms with E-state index in [0.29, 0.717) is 0 Å². The third-order valence-electron chi connectivity index (χ3n) is 13.9. The number of anilines is 3. The van der Waals surface area contributed by atoms with Gasteiger partial charge in [0.25, 0.3) is 0 Å². The largest absolute Gasteiger partial charge is 0.310 e. The van der Waals surface area contributed by atoms with Crippen LogP contribution in [0.5, 0.6) is 0 Å². The third kappa shape index (κ3) is 4.50. The minimum Gasteiger partial charge on any atom is -0.310 e. The summed E-state index contributed by atoms with van der Waals surface area (Å²) in [5.74, 6) is 3.42. The third-order valence-corrected chi connectivity index (χ3v) is 15.0. The number of thiophene rings is 1. The average molecular weight is 712 g/mol. The van der Waals surface area contributed by atoms with Crippen molar-refractivity contribution in [2.24, 2.45) is 23.7 Å². The second-order valence-electron chi connectivity index (χ2n) is 16.6. The lowest BCUT2D eigenvalue weighted by Gasteiger charge is -2.61. The fourth-order valence-electron chi connectivity index (χ4n) is 11.9. The minimum absolute atomic E-state index is 0.178. The number of hydrogen-bond donors (Lipinski definition) is 0. The Morgan fingerprint density at radius 3 is 1.70 bits per heavy atom. The molecule has 0 aliphatic heterocycles. The van der Waals surface area contributed by atoms with Crippen molar-refractivity contribution in [3.05, 3.63) is 175 Å². The molecule has 7 aromatic carbocycles. The summed E-state index contributed by atoms with van der Waals surface area (Å²) in [7, 11) is 0. The zero-order chi connectivity index (χ0) is 35.4. The molecule has 1 heterocycles. The monoisotopic (exact) mass is 711 g/mol. The second kappa shape index (κ2) is 11.8. The molecule has 4 saturated carbocycles.